The van der Waals surface area contributed by atoms with E-state index in [1.54, 1.807) is 12.1 Å². The van der Waals surface area contributed by atoms with Crippen LogP contribution in [0.1, 0.15) is 36.2 Å². The number of benzene rings is 2. The maximum Gasteiger partial charge on any atom is 0.255 e. The van der Waals surface area contributed by atoms with Crippen molar-refractivity contribution >= 4 is 17.3 Å². The first-order valence-corrected chi connectivity index (χ1v) is 8.07. The monoisotopic (exact) mass is 320 g/mol. The molecule has 24 heavy (non-hydrogen) atoms. The number of carbonyl (C=O) groups excluding carboxylic acids is 1. The number of hydrogen-bond donors (Lipinski definition) is 2. The molecule has 0 aliphatic rings. The van der Waals surface area contributed by atoms with E-state index in [2.05, 4.69) is 30.7 Å². The fourth-order valence-electron chi connectivity index (χ4n) is 2.27. The molecule has 3 nitrogen and oxygen atoms in total. The highest BCUT2D eigenvalue weighted by Gasteiger charge is 2.06. The highest BCUT2D eigenvalue weighted by molar-refractivity contribution is 6.04. The highest BCUT2D eigenvalue weighted by atomic mass is 16.1. The number of carbonyl (C=O) groups is 1. The molecule has 1 amide bonds. The first-order chi connectivity index (χ1) is 11.5. The molecule has 0 aliphatic carbocycles. The molecule has 0 unspecified atom stereocenters. The van der Waals surface area contributed by atoms with Crippen LogP contribution in [-0.2, 0) is 6.42 Å². The lowest BCUT2D eigenvalue weighted by Crippen LogP contribution is -2.11. The van der Waals surface area contributed by atoms with Crippen molar-refractivity contribution in [2.45, 2.75) is 26.7 Å². The second-order valence-corrected chi connectivity index (χ2v) is 5.91. The summed E-state index contributed by atoms with van der Waals surface area (Å²) in [6.07, 6.45) is 1.86. The maximum absolute atomic E-state index is 12.3. The molecule has 0 fully saturated rings. The summed E-state index contributed by atoms with van der Waals surface area (Å²) in [5, 5.41) is 6.03. The fraction of sp³-hybridized carbons (Fsp3) is 0.190. The van der Waals surface area contributed by atoms with Crippen LogP contribution in [0.25, 0.3) is 0 Å². The standard InChI is InChI=1S/C21H24N2O/c1-5-16(4)14-17-6-10-20(11-7-17)23-21(24)18-8-12-19(13-9-18)22-15(2)3/h6-13,22H,2,4-5,14H2,1,3H3,(H,23,24). The van der Waals surface area contributed by atoms with Gasteiger partial charge in [-0.15, -0.1) is 0 Å². The largest absolute Gasteiger partial charge is 0.360 e. The Kier molecular flexibility index (Phi) is 5.96. The van der Waals surface area contributed by atoms with Crippen molar-refractivity contribution < 1.29 is 4.79 Å². The molecule has 0 aliphatic heterocycles. The molecule has 0 aromatic heterocycles. The average molecular weight is 320 g/mol. The van der Waals surface area contributed by atoms with Crippen molar-refractivity contribution in [3.63, 3.8) is 0 Å². The molecule has 2 N–H and O–H groups in total. The lowest BCUT2D eigenvalue weighted by molar-refractivity contribution is 0.102. The predicted octanol–water partition coefficient (Wildman–Crippen LogP) is 5.39. The van der Waals surface area contributed by atoms with E-state index in [9.17, 15) is 4.79 Å². The average Bonchev–Trinajstić information content (AvgIpc) is 2.56. The van der Waals surface area contributed by atoms with E-state index in [1.165, 1.54) is 11.1 Å². The van der Waals surface area contributed by atoms with Gasteiger partial charge in [0.25, 0.3) is 5.91 Å². The third-order valence-electron chi connectivity index (χ3n) is 3.67. The van der Waals surface area contributed by atoms with E-state index >= 15 is 0 Å². The van der Waals surface area contributed by atoms with Gasteiger partial charge in [-0.1, -0.05) is 37.8 Å². The third-order valence-corrected chi connectivity index (χ3v) is 3.67. The van der Waals surface area contributed by atoms with Gasteiger partial charge in [0.05, 0.1) is 0 Å². The quantitative estimate of drug-likeness (QED) is 0.671. The zero-order valence-corrected chi connectivity index (χ0v) is 14.4. The minimum Gasteiger partial charge on any atom is -0.360 e. The zero-order valence-electron chi connectivity index (χ0n) is 14.4. The Balaban J connectivity index is 1.98. The molecule has 124 valence electrons. The van der Waals surface area contributed by atoms with Crippen molar-refractivity contribution in [1.29, 1.82) is 0 Å². The van der Waals surface area contributed by atoms with Gasteiger partial charge in [0.1, 0.15) is 0 Å². The Hall–Kier alpha value is -2.81. The van der Waals surface area contributed by atoms with Crippen LogP contribution in [0, 0.1) is 0 Å². The van der Waals surface area contributed by atoms with E-state index in [4.69, 9.17) is 0 Å². The van der Waals surface area contributed by atoms with Gasteiger partial charge in [-0.3, -0.25) is 4.79 Å². The van der Waals surface area contributed by atoms with E-state index in [0.717, 1.165) is 29.9 Å². The van der Waals surface area contributed by atoms with Crippen LogP contribution >= 0.6 is 0 Å². The molecule has 2 aromatic carbocycles. The lowest BCUT2D eigenvalue weighted by atomic mass is 10.0. The Morgan fingerprint density at radius 2 is 1.46 bits per heavy atom. The van der Waals surface area contributed by atoms with E-state index in [1.807, 2.05) is 43.3 Å². The van der Waals surface area contributed by atoms with Crippen LogP contribution in [0.4, 0.5) is 11.4 Å². The first-order valence-electron chi connectivity index (χ1n) is 8.07. The molecular weight excluding hydrogens is 296 g/mol. The summed E-state index contributed by atoms with van der Waals surface area (Å²) < 4.78 is 0. The third kappa shape index (κ3) is 5.13. The van der Waals surface area contributed by atoms with Crippen LogP contribution in [-0.4, -0.2) is 5.91 Å². The van der Waals surface area contributed by atoms with E-state index < -0.39 is 0 Å². The lowest BCUT2D eigenvalue weighted by Gasteiger charge is -2.09. The second kappa shape index (κ2) is 8.16. The Bertz CT molecular complexity index is 727. The number of anilines is 2. The summed E-state index contributed by atoms with van der Waals surface area (Å²) in [5.41, 5.74) is 5.59. The normalized spacial score (nSPS) is 10.1. The van der Waals surface area contributed by atoms with Crippen molar-refractivity contribution in [2.24, 2.45) is 0 Å². The van der Waals surface area contributed by atoms with Gasteiger partial charge in [0, 0.05) is 22.6 Å². The predicted molar refractivity (Wildman–Crippen MR) is 102 cm³/mol. The molecule has 3 heteroatoms. The summed E-state index contributed by atoms with van der Waals surface area (Å²) in [6, 6.07) is 15.2. The molecule has 0 spiro atoms. The number of allylic oxidation sites excluding steroid dienone is 2. The second-order valence-electron chi connectivity index (χ2n) is 5.91. The Morgan fingerprint density at radius 3 is 2.00 bits per heavy atom. The molecule has 0 heterocycles. The highest BCUT2D eigenvalue weighted by Crippen LogP contribution is 2.16. The zero-order chi connectivity index (χ0) is 17.5. The van der Waals surface area contributed by atoms with Crippen molar-refractivity contribution in [1.82, 2.24) is 0 Å². The van der Waals surface area contributed by atoms with E-state index in [-0.39, 0.29) is 5.91 Å². The number of rotatable bonds is 7. The fourth-order valence-corrected chi connectivity index (χ4v) is 2.27. The number of amides is 1. The van der Waals surface area contributed by atoms with Gasteiger partial charge >= 0.3 is 0 Å². The molecule has 0 saturated carbocycles. The van der Waals surface area contributed by atoms with Crippen molar-refractivity contribution in [3.8, 4) is 0 Å². The summed E-state index contributed by atoms with van der Waals surface area (Å²) in [4.78, 5) is 12.3. The molecule has 2 rings (SSSR count). The van der Waals surface area contributed by atoms with Gasteiger partial charge in [-0.05, 0) is 61.7 Å². The minimum atomic E-state index is -0.123. The van der Waals surface area contributed by atoms with Crippen LogP contribution in [0.3, 0.4) is 0 Å². The molecule has 2 aromatic rings. The minimum absolute atomic E-state index is 0.123. The molecule has 0 bridgehead atoms. The van der Waals surface area contributed by atoms with Gasteiger partial charge < -0.3 is 10.6 Å². The maximum atomic E-state index is 12.3. The molecular formula is C21H24N2O. The van der Waals surface area contributed by atoms with Gasteiger partial charge in [0.2, 0.25) is 0 Å². The summed E-state index contributed by atoms with van der Waals surface area (Å²) in [6.45, 7) is 11.8. The summed E-state index contributed by atoms with van der Waals surface area (Å²) in [5.74, 6) is -0.123. The molecule has 0 atom stereocenters. The van der Waals surface area contributed by atoms with E-state index in [0.29, 0.717) is 5.56 Å². The smallest absolute Gasteiger partial charge is 0.255 e. The van der Waals surface area contributed by atoms with Crippen LogP contribution in [0.15, 0.2) is 73.0 Å². The van der Waals surface area contributed by atoms with Gasteiger partial charge in [0.15, 0.2) is 0 Å². The SMILES string of the molecule is C=C(CC)Cc1ccc(NC(=O)c2ccc(NC(=C)C)cc2)cc1. The number of hydrogen-bond acceptors (Lipinski definition) is 2. The Morgan fingerprint density at radius 1 is 0.917 bits per heavy atom. The Labute approximate surface area is 144 Å². The van der Waals surface area contributed by atoms with Crippen LogP contribution in [0.2, 0.25) is 0 Å². The number of nitrogens with one attached hydrogen (secondary N) is 2. The first kappa shape index (κ1) is 17.5. The van der Waals surface area contributed by atoms with Crippen LogP contribution < -0.4 is 10.6 Å². The van der Waals surface area contributed by atoms with Crippen molar-refractivity contribution in [3.05, 3.63) is 84.1 Å². The van der Waals surface area contributed by atoms with Gasteiger partial charge in [-0.2, -0.15) is 0 Å². The molecule has 0 saturated heterocycles. The van der Waals surface area contributed by atoms with Crippen molar-refractivity contribution in [2.75, 3.05) is 10.6 Å². The topological polar surface area (TPSA) is 41.1 Å². The summed E-state index contributed by atoms with van der Waals surface area (Å²) >= 11 is 0. The van der Waals surface area contributed by atoms with Crippen LogP contribution in [0.5, 0.6) is 0 Å². The van der Waals surface area contributed by atoms with Gasteiger partial charge in [-0.25, -0.2) is 0 Å². The summed E-state index contributed by atoms with van der Waals surface area (Å²) in [7, 11) is 0. The molecule has 0 radical (unpaired) electrons.